The van der Waals surface area contributed by atoms with Gasteiger partial charge in [-0.3, -0.25) is 4.79 Å². The van der Waals surface area contributed by atoms with Crippen molar-refractivity contribution < 1.29 is 18.3 Å². The summed E-state index contributed by atoms with van der Waals surface area (Å²) in [5.41, 5.74) is -0.226. The molecule has 100 valence electrons. The van der Waals surface area contributed by atoms with Crippen molar-refractivity contribution in [1.29, 1.82) is 0 Å². The lowest BCUT2D eigenvalue weighted by atomic mass is 9.86. The van der Waals surface area contributed by atoms with Crippen molar-refractivity contribution in [2.45, 2.75) is 25.2 Å². The second-order valence-electron chi connectivity index (χ2n) is 4.90. The maximum Gasteiger partial charge on any atom is 0.309 e. The Hall–Kier alpha value is -1.07. The summed E-state index contributed by atoms with van der Waals surface area (Å²) in [6.07, 6.45) is 1.36. The Balaban J connectivity index is 3.11. The van der Waals surface area contributed by atoms with Crippen LogP contribution in [0.3, 0.4) is 0 Å². The van der Waals surface area contributed by atoms with Gasteiger partial charge < -0.3 is 5.11 Å². The molecule has 1 aromatic rings. The minimum Gasteiger partial charge on any atom is -0.481 e. The number of carboxylic acid groups (broad SMARTS) is 1. The van der Waals surface area contributed by atoms with Gasteiger partial charge >= 0.3 is 5.97 Å². The lowest BCUT2D eigenvalue weighted by Gasteiger charge is -2.19. The van der Waals surface area contributed by atoms with E-state index in [9.17, 15) is 13.2 Å². The first-order valence-electron chi connectivity index (χ1n) is 5.26. The molecule has 0 fully saturated rings. The van der Waals surface area contributed by atoms with E-state index in [1.165, 1.54) is 12.1 Å². The normalized spacial score (nSPS) is 12.4. The van der Waals surface area contributed by atoms with Crippen molar-refractivity contribution in [3.8, 4) is 0 Å². The number of sulfone groups is 1. The first kappa shape index (κ1) is 15.0. The number of halogens is 1. The molecule has 0 bridgehead atoms. The molecule has 0 saturated heterocycles. The van der Waals surface area contributed by atoms with E-state index in [0.29, 0.717) is 5.56 Å². The van der Waals surface area contributed by atoms with Gasteiger partial charge in [-0.15, -0.1) is 0 Å². The second kappa shape index (κ2) is 4.90. The van der Waals surface area contributed by atoms with Crippen molar-refractivity contribution in [1.82, 2.24) is 0 Å². The molecule has 4 nitrogen and oxygen atoms in total. The lowest BCUT2D eigenvalue weighted by molar-refractivity contribution is -0.146. The maximum atomic E-state index is 11.4. The molecule has 0 aliphatic rings. The van der Waals surface area contributed by atoms with E-state index < -0.39 is 21.2 Å². The molecular weight excluding hydrogens is 276 g/mol. The van der Waals surface area contributed by atoms with Crippen molar-refractivity contribution in [3.63, 3.8) is 0 Å². The molecule has 0 aromatic heterocycles. The van der Waals surface area contributed by atoms with Crippen LogP contribution in [0.25, 0.3) is 0 Å². The van der Waals surface area contributed by atoms with Gasteiger partial charge in [-0.1, -0.05) is 17.7 Å². The SMILES string of the molecule is CC(C)(Cc1ccc(S(C)(=O)=O)c(Cl)c1)C(=O)O. The van der Waals surface area contributed by atoms with Crippen LogP contribution in [0.4, 0.5) is 0 Å². The average molecular weight is 291 g/mol. The van der Waals surface area contributed by atoms with Crippen LogP contribution in [-0.4, -0.2) is 25.7 Å². The molecular formula is C12H15ClO4S. The van der Waals surface area contributed by atoms with E-state index in [-0.39, 0.29) is 16.3 Å². The first-order chi connectivity index (χ1) is 8.04. The Kier molecular flexibility index (Phi) is 4.08. The van der Waals surface area contributed by atoms with Gasteiger partial charge in [0.25, 0.3) is 0 Å². The van der Waals surface area contributed by atoms with Gasteiger partial charge in [0, 0.05) is 6.26 Å². The van der Waals surface area contributed by atoms with Crippen molar-refractivity contribution in [2.24, 2.45) is 5.41 Å². The van der Waals surface area contributed by atoms with Crippen LogP contribution in [-0.2, 0) is 21.1 Å². The van der Waals surface area contributed by atoms with E-state index in [4.69, 9.17) is 16.7 Å². The summed E-state index contributed by atoms with van der Waals surface area (Å²) in [5, 5.41) is 9.15. The highest BCUT2D eigenvalue weighted by atomic mass is 35.5. The summed E-state index contributed by atoms with van der Waals surface area (Å²) in [4.78, 5) is 11.1. The number of carboxylic acids is 1. The zero-order valence-corrected chi connectivity index (χ0v) is 12.0. The smallest absolute Gasteiger partial charge is 0.309 e. The monoisotopic (exact) mass is 290 g/mol. The highest BCUT2D eigenvalue weighted by Crippen LogP contribution is 2.27. The number of hydrogen-bond donors (Lipinski definition) is 1. The van der Waals surface area contributed by atoms with Gasteiger partial charge in [-0.25, -0.2) is 8.42 Å². The maximum absolute atomic E-state index is 11.4. The fraction of sp³-hybridized carbons (Fsp3) is 0.417. The number of hydrogen-bond acceptors (Lipinski definition) is 3. The predicted octanol–water partition coefficient (Wildman–Crippen LogP) is 2.40. The van der Waals surface area contributed by atoms with Crippen molar-refractivity contribution >= 4 is 27.4 Å². The van der Waals surface area contributed by atoms with Gasteiger partial charge in [-0.05, 0) is 38.0 Å². The molecule has 0 heterocycles. The van der Waals surface area contributed by atoms with Crippen LogP contribution < -0.4 is 0 Å². The summed E-state index contributed by atoms with van der Waals surface area (Å²) in [6.45, 7) is 3.21. The Morgan fingerprint density at radius 3 is 2.33 bits per heavy atom. The van der Waals surface area contributed by atoms with Crippen LogP contribution in [0.15, 0.2) is 23.1 Å². The van der Waals surface area contributed by atoms with Crippen LogP contribution in [0.1, 0.15) is 19.4 Å². The summed E-state index contributed by atoms with van der Waals surface area (Å²) in [7, 11) is -3.36. The number of benzene rings is 1. The zero-order valence-electron chi connectivity index (χ0n) is 10.4. The molecule has 1 aromatic carbocycles. The third kappa shape index (κ3) is 3.46. The number of carbonyl (C=O) groups is 1. The quantitative estimate of drug-likeness (QED) is 0.924. The van der Waals surface area contributed by atoms with Crippen LogP contribution >= 0.6 is 11.6 Å². The molecule has 0 unspecified atom stereocenters. The van der Waals surface area contributed by atoms with Crippen molar-refractivity contribution in [2.75, 3.05) is 6.26 Å². The second-order valence-corrected chi connectivity index (χ2v) is 7.29. The summed E-state index contributed by atoms with van der Waals surface area (Å²) >= 11 is 5.90. The van der Waals surface area contributed by atoms with E-state index in [2.05, 4.69) is 0 Å². The lowest BCUT2D eigenvalue weighted by Crippen LogP contribution is -2.26. The van der Waals surface area contributed by atoms with Gasteiger partial charge in [0.05, 0.1) is 15.3 Å². The summed E-state index contributed by atoms with van der Waals surface area (Å²) < 4.78 is 22.8. The van der Waals surface area contributed by atoms with E-state index >= 15 is 0 Å². The largest absolute Gasteiger partial charge is 0.481 e. The third-order valence-corrected chi connectivity index (χ3v) is 4.20. The Labute approximate surface area is 112 Å². The zero-order chi connectivity index (χ0) is 14.1. The van der Waals surface area contributed by atoms with E-state index in [1.54, 1.807) is 19.9 Å². The highest BCUT2D eigenvalue weighted by molar-refractivity contribution is 7.90. The number of aliphatic carboxylic acids is 1. The van der Waals surface area contributed by atoms with Crippen molar-refractivity contribution in [3.05, 3.63) is 28.8 Å². The Morgan fingerprint density at radius 2 is 1.94 bits per heavy atom. The molecule has 1 N–H and O–H groups in total. The molecule has 18 heavy (non-hydrogen) atoms. The van der Waals surface area contributed by atoms with E-state index in [1.807, 2.05) is 0 Å². The topological polar surface area (TPSA) is 71.4 Å². The fourth-order valence-electron chi connectivity index (χ4n) is 1.54. The first-order valence-corrected chi connectivity index (χ1v) is 7.53. The molecule has 0 saturated carbocycles. The Morgan fingerprint density at radius 1 is 1.39 bits per heavy atom. The van der Waals surface area contributed by atoms with Crippen LogP contribution in [0, 0.1) is 5.41 Å². The van der Waals surface area contributed by atoms with E-state index in [0.717, 1.165) is 6.26 Å². The molecule has 1 rings (SSSR count). The standard InChI is InChI=1S/C12H15ClO4S/c1-12(2,11(14)15)7-8-4-5-10(9(13)6-8)18(3,16)17/h4-6H,7H2,1-3H3,(H,14,15). The van der Waals surface area contributed by atoms with Crippen LogP contribution in [0.2, 0.25) is 5.02 Å². The molecule has 0 radical (unpaired) electrons. The molecule has 6 heteroatoms. The average Bonchev–Trinajstić information content (AvgIpc) is 2.14. The van der Waals surface area contributed by atoms with Gasteiger partial charge in [0.1, 0.15) is 0 Å². The van der Waals surface area contributed by atoms with Crippen LogP contribution in [0.5, 0.6) is 0 Å². The van der Waals surface area contributed by atoms with Gasteiger partial charge in [0.2, 0.25) is 0 Å². The van der Waals surface area contributed by atoms with Gasteiger partial charge in [-0.2, -0.15) is 0 Å². The molecule has 0 aliphatic heterocycles. The Bertz CT molecular complexity index is 576. The molecule has 0 atom stereocenters. The summed E-state index contributed by atoms with van der Waals surface area (Å²) in [5.74, 6) is -0.911. The number of rotatable bonds is 4. The summed E-state index contributed by atoms with van der Waals surface area (Å²) in [6, 6.07) is 4.50. The fourth-order valence-corrected chi connectivity index (χ4v) is 2.89. The minimum atomic E-state index is -3.36. The molecule has 0 spiro atoms. The molecule has 0 amide bonds. The predicted molar refractivity (Wildman–Crippen MR) is 69.7 cm³/mol. The molecule has 0 aliphatic carbocycles. The highest BCUT2D eigenvalue weighted by Gasteiger charge is 2.27. The third-order valence-electron chi connectivity index (χ3n) is 2.62. The van der Waals surface area contributed by atoms with Gasteiger partial charge in [0.15, 0.2) is 9.84 Å². The minimum absolute atomic E-state index is 0.0565.